The topological polar surface area (TPSA) is 94.0 Å². The number of nitrogens with one attached hydrogen (secondary N) is 2. The van der Waals surface area contributed by atoms with Gasteiger partial charge in [0.2, 0.25) is 0 Å². The Morgan fingerprint density at radius 1 is 1.38 bits per heavy atom. The molecule has 8 heteroatoms. The van der Waals surface area contributed by atoms with Crippen LogP contribution in [-0.2, 0) is 0 Å². The second-order valence-corrected chi connectivity index (χ2v) is 7.64. The number of thioether (sulfide) groups is 1. The highest BCUT2D eigenvalue weighted by Crippen LogP contribution is 2.25. The van der Waals surface area contributed by atoms with Gasteiger partial charge >= 0.3 is 0 Å². The summed E-state index contributed by atoms with van der Waals surface area (Å²) in [7, 11) is 0. The van der Waals surface area contributed by atoms with Gasteiger partial charge in [-0.3, -0.25) is 14.6 Å². The zero-order chi connectivity index (χ0) is 19.0. The van der Waals surface area contributed by atoms with Crippen LogP contribution in [0.5, 0.6) is 0 Å². The van der Waals surface area contributed by atoms with Crippen molar-refractivity contribution in [1.29, 1.82) is 10.7 Å². The van der Waals surface area contributed by atoms with Crippen molar-refractivity contribution >= 4 is 39.7 Å². The highest BCUT2D eigenvalue weighted by molar-refractivity contribution is 7.98. The van der Waals surface area contributed by atoms with Crippen molar-refractivity contribution in [2.45, 2.75) is 25.8 Å². The van der Waals surface area contributed by atoms with Crippen LogP contribution in [0.4, 0.5) is 5.69 Å². The van der Waals surface area contributed by atoms with Crippen molar-refractivity contribution in [3.63, 3.8) is 0 Å². The molecule has 0 bridgehead atoms. The van der Waals surface area contributed by atoms with E-state index in [2.05, 4.69) is 10.3 Å². The minimum atomic E-state index is -0.242. The van der Waals surface area contributed by atoms with Gasteiger partial charge in [-0.1, -0.05) is 29.0 Å². The number of thiazole rings is 1. The van der Waals surface area contributed by atoms with Crippen LogP contribution >= 0.6 is 23.1 Å². The van der Waals surface area contributed by atoms with Crippen molar-refractivity contribution in [3.05, 3.63) is 50.9 Å². The second-order valence-electron chi connectivity index (χ2n) is 5.86. The van der Waals surface area contributed by atoms with E-state index < -0.39 is 0 Å². The van der Waals surface area contributed by atoms with E-state index in [0.29, 0.717) is 20.6 Å². The molecule has 1 amide bonds. The number of nitrogens with zero attached hydrogens (tertiary/aromatic N) is 3. The molecule has 26 heavy (non-hydrogen) atoms. The molecule has 3 rings (SSSR count). The highest BCUT2D eigenvalue weighted by atomic mass is 32.2. The van der Waals surface area contributed by atoms with Crippen molar-refractivity contribution in [2.24, 2.45) is 0 Å². The van der Waals surface area contributed by atoms with Gasteiger partial charge in [-0.25, -0.2) is 4.98 Å². The number of rotatable bonds is 3. The molecule has 0 saturated carbocycles. The van der Waals surface area contributed by atoms with Gasteiger partial charge in [-0.2, -0.15) is 5.26 Å². The van der Waals surface area contributed by atoms with E-state index in [1.165, 1.54) is 23.1 Å². The Bertz CT molecular complexity index is 1140. The lowest BCUT2D eigenvalue weighted by molar-refractivity contribution is 0.102. The average molecular weight is 384 g/mol. The quantitative estimate of drug-likeness (QED) is 0.533. The van der Waals surface area contributed by atoms with Gasteiger partial charge in [0, 0.05) is 11.4 Å². The summed E-state index contributed by atoms with van der Waals surface area (Å²) in [6.07, 6.45) is 1.81. The van der Waals surface area contributed by atoms with Crippen molar-refractivity contribution in [3.8, 4) is 6.07 Å². The Kier molecular flexibility index (Phi) is 4.85. The Labute approximate surface area is 159 Å². The summed E-state index contributed by atoms with van der Waals surface area (Å²) >= 11 is 2.54. The first-order valence-corrected chi connectivity index (χ1v) is 9.85. The zero-order valence-corrected chi connectivity index (χ0v) is 16.4. The summed E-state index contributed by atoms with van der Waals surface area (Å²) in [5.41, 5.74) is 3.75. The number of carbonyl (C=O) groups is 1. The number of amides is 1. The fraction of sp³-hybridized carbons (Fsp3) is 0.222. The van der Waals surface area contributed by atoms with Gasteiger partial charge in [0.25, 0.3) is 5.91 Å². The summed E-state index contributed by atoms with van der Waals surface area (Å²) in [6.45, 7) is 5.71. The molecule has 0 unspecified atom stereocenters. The van der Waals surface area contributed by atoms with Gasteiger partial charge in [-0.15, -0.1) is 11.8 Å². The molecule has 0 aliphatic heterocycles. The van der Waals surface area contributed by atoms with Gasteiger partial charge in [0.1, 0.15) is 21.5 Å². The third-order valence-electron chi connectivity index (χ3n) is 4.06. The van der Waals surface area contributed by atoms with Crippen LogP contribution in [0.25, 0.3) is 4.96 Å². The molecule has 0 radical (unpaired) electrons. The number of nitriles is 1. The Morgan fingerprint density at radius 2 is 2.12 bits per heavy atom. The minimum Gasteiger partial charge on any atom is -0.321 e. The number of benzene rings is 1. The predicted octanol–water partition coefficient (Wildman–Crippen LogP) is 3.65. The number of fused-ring (bicyclic) bond motifs is 1. The van der Waals surface area contributed by atoms with Crippen LogP contribution in [0.15, 0.2) is 23.2 Å². The molecule has 0 aliphatic rings. The van der Waals surface area contributed by atoms with Crippen molar-refractivity contribution in [2.75, 3.05) is 11.6 Å². The number of aryl methyl sites for hydroxylation is 3. The first kappa shape index (κ1) is 18.2. The maximum atomic E-state index is 12.8. The van der Waals surface area contributed by atoms with E-state index in [0.717, 1.165) is 16.8 Å². The van der Waals surface area contributed by atoms with Crippen LogP contribution in [-0.4, -0.2) is 21.5 Å². The molecule has 0 aliphatic carbocycles. The molecule has 6 nitrogen and oxygen atoms in total. The molecule has 2 heterocycles. The number of anilines is 1. The SMILES string of the molecule is CSc1nc2sc(C(=O)Nc3ccc(C)cc3C)c(C)n2c(=N)c1C#N. The zero-order valence-electron chi connectivity index (χ0n) is 14.8. The Morgan fingerprint density at radius 3 is 2.73 bits per heavy atom. The summed E-state index contributed by atoms with van der Waals surface area (Å²) in [5, 5.41) is 21.1. The molecule has 0 fully saturated rings. The maximum absolute atomic E-state index is 12.8. The molecule has 0 saturated heterocycles. The summed E-state index contributed by atoms with van der Waals surface area (Å²) in [5.74, 6) is -0.242. The third kappa shape index (κ3) is 3.00. The molecule has 2 aromatic heterocycles. The molecule has 1 aromatic carbocycles. The lowest BCUT2D eigenvalue weighted by Crippen LogP contribution is -2.20. The largest absolute Gasteiger partial charge is 0.321 e. The van der Waals surface area contributed by atoms with E-state index in [1.807, 2.05) is 44.4 Å². The lowest BCUT2D eigenvalue weighted by atomic mass is 10.1. The monoisotopic (exact) mass is 383 g/mol. The summed E-state index contributed by atoms with van der Waals surface area (Å²) < 4.78 is 1.56. The Balaban J connectivity index is 2.10. The van der Waals surface area contributed by atoms with E-state index in [1.54, 1.807) is 11.3 Å². The average Bonchev–Trinajstić information content (AvgIpc) is 2.94. The lowest BCUT2D eigenvalue weighted by Gasteiger charge is -2.08. The first-order chi connectivity index (χ1) is 12.4. The van der Waals surface area contributed by atoms with Crippen LogP contribution in [0.3, 0.4) is 0 Å². The number of aromatic nitrogens is 2. The van der Waals surface area contributed by atoms with Gasteiger partial charge < -0.3 is 5.32 Å². The third-order valence-corrected chi connectivity index (χ3v) is 5.89. The van der Waals surface area contributed by atoms with Gasteiger partial charge in [0.05, 0.1) is 0 Å². The smallest absolute Gasteiger partial charge is 0.267 e. The fourth-order valence-corrected chi connectivity index (χ4v) is 4.34. The summed E-state index contributed by atoms with van der Waals surface area (Å²) in [6, 6.07) is 7.88. The molecule has 132 valence electrons. The molecular formula is C18H17N5OS2. The van der Waals surface area contributed by atoms with E-state index >= 15 is 0 Å². The van der Waals surface area contributed by atoms with Gasteiger partial charge in [-0.05, 0) is 38.7 Å². The molecule has 3 aromatic rings. The molecular weight excluding hydrogens is 366 g/mol. The van der Waals surface area contributed by atoms with Crippen molar-refractivity contribution < 1.29 is 4.79 Å². The Hall–Kier alpha value is -2.63. The van der Waals surface area contributed by atoms with Crippen LogP contribution in [0, 0.1) is 37.5 Å². The maximum Gasteiger partial charge on any atom is 0.267 e. The highest BCUT2D eigenvalue weighted by Gasteiger charge is 2.20. The molecule has 0 spiro atoms. The van der Waals surface area contributed by atoms with E-state index in [9.17, 15) is 10.1 Å². The number of hydrogen-bond donors (Lipinski definition) is 2. The van der Waals surface area contributed by atoms with Crippen LogP contribution < -0.4 is 10.8 Å². The normalized spacial score (nSPS) is 10.7. The van der Waals surface area contributed by atoms with E-state index in [-0.39, 0.29) is 17.0 Å². The van der Waals surface area contributed by atoms with Crippen LogP contribution in [0.2, 0.25) is 0 Å². The second kappa shape index (κ2) is 6.94. The predicted molar refractivity (Wildman–Crippen MR) is 104 cm³/mol. The van der Waals surface area contributed by atoms with Crippen molar-refractivity contribution in [1.82, 2.24) is 9.38 Å². The fourth-order valence-electron chi connectivity index (χ4n) is 2.74. The van der Waals surface area contributed by atoms with Gasteiger partial charge in [0.15, 0.2) is 10.4 Å². The summed E-state index contributed by atoms with van der Waals surface area (Å²) in [4.78, 5) is 18.2. The number of carbonyl (C=O) groups excluding carboxylic acids is 1. The standard InChI is InChI=1S/C18H17N5OS2/c1-9-5-6-13(10(2)7-9)21-16(24)14-11(3)23-15(20)12(8-19)17(25-4)22-18(23)26-14/h5-7,20H,1-4H3,(H,21,24). The minimum absolute atomic E-state index is 0.0566. The molecule has 2 N–H and O–H groups in total. The number of hydrogen-bond acceptors (Lipinski definition) is 6. The first-order valence-electron chi connectivity index (χ1n) is 7.80. The van der Waals surface area contributed by atoms with Crippen LogP contribution in [0.1, 0.15) is 32.1 Å². The van der Waals surface area contributed by atoms with E-state index in [4.69, 9.17) is 5.41 Å². The molecule has 0 atom stereocenters.